The quantitative estimate of drug-likeness (QED) is 0.793. The fraction of sp³-hybridized carbons (Fsp3) is 0.636. The largest absolute Gasteiger partial charge is 0.396 e. The van der Waals surface area contributed by atoms with E-state index in [1.807, 2.05) is 4.98 Å². The summed E-state index contributed by atoms with van der Waals surface area (Å²) >= 11 is 0. The monoisotopic (exact) mass is 260 g/mol. The van der Waals surface area contributed by atoms with E-state index >= 15 is 0 Å². The highest BCUT2D eigenvalue weighted by atomic mass is 19.3. The minimum absolute atomic E-state index is 0.112. The van der Waals surface area contributed by atoms with Crippen LogP contribution in [0.15, 0.2) is 21.9 Å². The molecule has 1 heterocycles. The molecule has 1 aliphatic carbocycles. The first-order valence-corrected chi connectivity index (χ1v) is 5.75. The first-order chi connectivity index (χ1) is 8.46. The Bertz CT molecular complexity index is 538. The van der Waals surface area contributed by atoms with Gasteiger partial charge in [0.25, 0.3) is 11.5 Å². The number of aliphatic hydroxyl groups is 1. The molecule has 2 N–H and O–H groups in total. The van der Waals surface area contributed by atoms with Crippen LogP contribution < -0.4 is 11.2 Å². The van der Waals surface area contributed by atoms with Gasteiger partial charge in [-0.3, -0.25) is 9.78 Å². The molecular weight excluding hydrogens is 246 g/mol. The molecule has 100 valence electrons. The van der Waals surface area contributed by atoms with E-state index in [9.17, 15) is 18.4 Å². The maximum absolute atomic E-state index is 13.4. The molecule has 0 unspecified atom stereocenters. The van der Waals surface area contributed by atoms with Crippen LogP contribution in [0.25, 0.3) is 0 Å². The van der Waals surface area contributed by atoms with E-state index in [1.165, 1.54) is 6.20 Å². The van der Waals surface area contributed by atoms with Gasteiger partial charge in [0.1, 0.15) is 0 Å². The van der Waals surface area contributed by atoms with Gasteiger partial charge in [0.15, 0.2) is 0 Å². The average molecular weight is 260 g/mol. The Morgan fingerprint density at radius 2 is 2.11 bits per heavy atom. The van der Waals surface area contributed by atoms with Gasteiger partial charge in [-0.25, -0.2) is 13.6 Å². The smallest absolute Gasteiger partial charge is 0.328 e. The predicted octanol–water partition coefficient (Wildman–Crippen LogP) is 0.190. The lowest BCUT2D eigenvalue weighted by molar-refractivity contribution is 0.0787. The van der Waals surface area contributed by atoms with Gasteiger partial charge in [-0.1, -0.05) is 0 Å². The van der Waals surface area contributed by atoms with Crippen molar-refractivity contribution in [2.24, 2.45) is 11.8 Å². The summed E-state index contributed by atoms with van der Waals surface area (Å²) in [4.78, 5) is 24.2. The Morgan fingerprint density at radius 3 is 2.72 bits per heavy atom. The maximum atomic E-state index is 13.4. The van der Waals surface area contributed by atoms with Gasteiger partial charge >= 0.3 is 5.69 Å². The summed E-state index contributed by atoms with van der Waals surface area (Å²) < 4.78 is 27.9. The van der Waals surface area contributed by atoms with Gasteiger partial charge in [-0.2, -0.15) is 0 Å². The van der Waals surface area contributed by atoms with Gasteiger partial charge in [0.05, 0.1) is 0 Å². The maximum Gasteiger partial charge on any atom is 0.328 e. The van der Waals surface area contributed by atoms with Gasteiger partial charge in [0, 0.05) is 37.3 Å². The number of rotatable bonds is 5. The fourth-order valence-electron chi connectivity index (χ4n) is 2.21. The van der Waals surface area contributed by atoms with Crippen LogP contribution in [-0.4, -0.2) is 27.2 Å². The number of H-pyrrole nitrogens is 1. The number of aliphatic hydroxyl groups excluding tert-OH is 1. The summed E-state index contributed by atoms with van der Waals surface area (Å²) in [6.07, 6.45) is 1.79. The Morgan fingerprint density at radius 1 is 1.39 bits per heavy atom. The number of nitrogens with zero attached hydrogens (tertiary/aromatic N) is 1. The highest BCUT2D eigenvalue weighted by Crippen LogP contribution is 2.58. The molecule has 2 atom stereocenters. The molecule has 2 rings (SSSR count). The van der Waals surface area contributed by atoms with Crippen LogP contribution in [0.1, 0.15) is 12.8 Å². The summed E-state index contributed by atoms with van der Waals surface area (Å²) in [6, 6.07) is 1.13. The lowest BCUT2D eigenvalue weighted by atomic mass is 10.2. The van der Waals surface area contributed by atoms with Crippen LogP contribution in [0.4, 0.5) is 8.78 Å². The average Bonchev–Trinajstić information content (AvgIpc) is 2.81. The Kier molecular flexibility index (Phi) is 3.34. The Labute approximate surface area is 101 Å². The lowest BCUT2D eigenvalue weighted by Gasteiger charge is -2.02. The highest BCUT2D eigenvalue weighted by Gasteiger charge is 2.67. The number of aromatic nitrogens is 2. The summed E-state index contributed by atoms with van der Waals surface area (Å²) in [5.74, 6) is -4.47. The highest BCUT2D eigenvalue weighted by molar-refractivity contribution is 5.05. The molecule has 0 aromatic carbocycles. The molecular formula is C11H14F2N2O3. The van der Waals surface area contributed by atoms with Crippen molar-refractivity contribution in [3.05, 3.63) is 33.1 Å². The normalized spacial score (nSPS) is 25.1. The van der Waals surface area contributed by atoms with E-state index in [1.54, 1.807) is 0 Å². The molecule has 7 heteroatoms. The predicted molar refractivity (Wildman–Crippen MR) is 59.6 cm³/mol. The molecule has 18 heavy (non-hydrogen) atoms. The molecule has 0 saturated heterocycles. The van der Waals surface area contributed by atoms with E-state index in [-0.39, 0.29) is 19.6 Å². The van der Waals surface area contributed by atoms with Gasteiger partial charge in [-0.05, 0) is 12.8 Å². The fourth-order valence-corrected chi connectivity index (χ4v) is 2.21. The van der Waals surface area contributed by atoms with Gasteiger partial charge in [0.2, 0.25) is 0 Å². The molecule has 0 radical (unpaired) electrons. The lowest BCUT2D eigenvalue weighted by Crippen LogP contribution is -2.29. The van der Waals surface area contributed by atoms with Crippen molar-refractivity contribution >= 4 is 0 Å². The van der Waals surface area contributed by atoms with Crippen LogP contribution >= 0.6 is 0 Å². The van der Waals surface area contributed by atoms with Crippen LogP contribution in [0.3, 0.4) is 0 Å². The van der Waals surface area contributed by atoms with Crippen molar-refractivity contribution in [1.29, 1.82) is 0 Å². The van der Waals surface area contributed by atoms with Gasteiger partial charge in [-0.15, -0.1) is 0 Å². The molecule has 1 fully saturated rings. The zero-order chi connectivity index (χ0) is 13.3. The Hall–Kier alpha value is -1.50. The molecule has 1 aromatic rings. The second-order valence-electron chi connectivity index (χ2n) is 4.52. The molecule has 5 nitrogen and oxygen atoms in total. The number of halogens is 2. The van der Waals surface area contributed by atoms with Crippen LogP contribution in [0, 0.1) is 11.8 Å². The minimum atomic E-state index is -2.79. The zero-order valence-corrected chi connectivity index (χ0v) is 9.60. The van der Waals surface area contributed by atoms with Crippen LogP contribution in [0.5, 0.6) is 0 Å². The third-order valence-corrected chi connectivity index (χ3v) is 3.33. The van der Waals surface area contributed by atoms with Crippen LogP contribution in [-0.2, 0) is 6.54 Å². The summed E-state index contributed by atoms with van der Waals surface area (Å²) in [6.45, 7) is -0.226. The first-order valence-electron chi connectivity index (χ1n) is 5.75. The molecule has 0 bridgehead atoms. The first kappa shape index (κ1) is 12.9. The summed E-state index contributed by atoms with van der Waals surface area (Å²) in [7, 11) is 0. The standard InChI is InChI=1S/C11H14F2N2O3/c12-11(13)7(2-1-5-16)8(11)6-15-4-3-9(17)14-10(15)18/h3-4,7-8,16H,1-2,5-6H2,(H,14,17,18)/t7-,8-/m0/s1. The van der Waals surface area contributed by atoms with Crippen molar-refractivity contribution in [3.8, 4) is 0 Å². The van der Waals surface area contributed by atoms with Crippen molar-refractivity contribution < 1.29 is 13.9 Å². The van der Waals surface area contributed by atoms with Crippen molar-refractivity contribution in [3.63, 3.8) is 0 Å². The van der Waals surface area contributed by atoms with E-state index in [4.69, 9.17) is 5.11 Å². The van der Waals surface area contributed by atoms with Gasteiger partial charge < -0.3 is 9.67 Å². The molecule has 0 amide bonds. The SMILES string of the molecule is O=c1ccn(C[C@H]2[C@H](CCCO)C2(F)F)c(=O)[nH]1. The molecule has 1 aliphatic rings. The van der Waals surface area contributed by atoms with E-state index in [0.29, 0.717) is 6.42 Å². The van der Waals surface area contributed by atoms with E-state index in [0.717, 1.165) is 10.6 Å². The molecule has 1 aromatic heterocycles. The molecule has 1 saturated carbocycles. The number of nitrogens with one attached hydrogen (secondary N) is 1. The van der Waals surface area contributed by atoms with Crippen molar-refractivity contribution in [2.75, 3.05) is 6.61 Å². The Balaban J connectivity index is 2.06. The summed E-state index contributed by atoms with van der Waals surface area (Å²) in [5, 5.41) is 8.62. The number of hydrogen-bond donors (Lipinski definition) is 2. The molecule has 0 spiro atoms. The summed E-state index contributed by atoms with van der Waals surface area (Å²) in [5.41, 5.74) is -1.22. The topological polar surface area (TPSA) is 75.1 Å². The number of hydrogen-bond acceptors (Lipinski definition) is 3. The van der Waals surface area contributed by atoms with E-state index < -0.39 is 29.0 Å². The number of alkyl halides is 2. The number of aromatic amines is 1. The minimum Gasteiger partial charge on any atom is -0.396 e. The van der Waals surface area contributed by atoms with Crippen LogP contribution in [0.2, 0.25) is 0 Å². The van der Waals surface area contributed by atoms with Crippen molar-refractivity contribution in [1.82, 2.24) is 9.55 Å². The third kappa shape index (κ3) is 2.35. The second kappa shape index (κ2) is 4.64. The van der Waals surface area contributed by atoms with Crippen molar-refractivity contribution in [2.45, 2.75) is 25.3 Å². The molecule has 0 aliphatic heterocycles. The third-order valence-electron chi connectivity index (χ3n) is 3.33. The van der Waals surface area contributed by atoms with E-state index in [2.05, 4.69) is 0 Å². The second-order valence-corrected chi connectivity index (χ2v) is 4.52. The zero-order valence-electron chi connectivity index (χ0n) is 9.60.